The van der Waals surface area contributed by atoms with Crippen LogP contribution in [0.2, 0.25) is 0 Å². The first-order valence-corrected chi connectivity index (χ1v) is 8.71. The van der Waals surface area contributed by atoms with Crippen LogP contribution in [-0.2, 0) is 10.7 Å². The van der Waals surface area contributed by atoms with E-state index < -0.39 is 17.7 Å². The molecule has 1 amide bonds. The number of carbonyl (C=O) groups is 1. The Kier molecular flexibility index (Phi) is 5.53. The largest absolute Gasteiger partial charge is 0.351 e. The van der Waals surface area contributed by atoms with Crippen LogP contribution in [0.15, 0.2) is 49.1 Å². The van der Waals surface area contributed by atoms with Crippen molar-refractivity contribution >= 4 is 23.1 Å². The van der Waals surface area contributed by atoms with Crippen molar-refractivity contribution in [1.82, 2.24) is 14.9 Å². The van der Waals surface area contributed by atoms with E-state index in [1.807, 2.05) is 11.0 Å². The summed E-state index contributed by atoms with van der Waals surface area (Å²) in [7, 11) is 0. The van der Waals surface area contributed by atoms with Gasteiger partial charge in [0, 0.05) is 39.3 Å². The maximum atomic E-state index is 13.3. The van der Waals surface area contributed by atoms with Crippen molar-refractivity contribution in [3.8, 4) is 0 Å². The first-order chi connectivity index (χ1) is 13.3. The molecule has 1 aliphatic rings. The topological polar surface area (TPSA) is 61.4 Å². The molecule has 9 heteroatoms. The molecule has 28 heavy (non-hydrogen) atoms. The molecule has 0 spiro atoms. The molecule has 3 heterocycles. The van der Waals surface area contributed by atoms with Crippen LogP contribution < -0.4 is 10.2 Å². The maximum Gasteiger partial charge on any atom is 0.286 e. The van der Waals surface area contributed by atoms with Crippen molar-refractivity contribution in [1.29, 1.82) is 0 Å². The summed E-state index contributed by atoms with van der Waals surface area (Å²) >= 11 is 0. The van der Waals surface area contributed by atoms with Crippen molar-refractivity contribution in [2.45, 2.75) is 12.8 Å². The molecule has 0 bridgehead atoms. The molecule has 148 valence electrons. The summed E-state index contributed by atoms with van der Waals surface area (Å²) in [6.45, 7) is 5.48. The minimum Gasteiger partial charge on any atom is -0.351 e. The SMILES string of the molecule is C=C(F)C(=O)N1CCN(c2ncccc2Nc2ccc(C(C)(F)F)nc2)CC1. The van der Waals surface area contributed by atoms with Gasteiger partial charge in [-0.3, -0.25) is 9.78 Å². The van der Waals surface area contributed by atoms with E-state index >= 15 is 0 Å². The van der Waals surface area contributed by atoms with Gasteiger partial charge in [-0.2, -0.15) is 8.78 Å². The number of anilines is 3. The third-order valence-electron chi connectivity index (χ3n) is 4.38. The van der Waals surface area contributed by atoms with Crippen molar-refractivity contribution in [2.24, 2.45) is 0 Å². The number of nitrogens with zero attached hydrogens (tertiary/aromatic N) is 4. The average Bonchev–Trinajstić information content (AvgIpc) is 2.68. The zero-order valence-electron chi connectivity index (χ0n) is 15.3. The van der Waals surface area contributed by atoms with E-state index in [4.69, 9.17) is 0 Å². The van der Waals surface area contributed by atoms with Crippen LogP contribution in [0.3, 0.4) is 0 Å². The van der Waals surface area contributed by atoms with Gasteiger partial charge in [0.2, 0.25) is 0 Å². The zero-order valence-corrected chi connectivity index (χ0v) is 15.3. The Bertz CT molecular complexity index is 859. The van der Waals surface area contributed by atoms with E-state index in [0.29, 0.717) is 43.4 Å². The van der Waals surface area contributed by atoms with Crippen molar-refractivity contribution < 1.29 is 18.0 Å². The fourth-order valence-electron chi connectivity index (χ4n) is 2.92. The number of piperazine rings is 1. The molecule has 2 aromatic heterocycles. The van der Waals surface area contributed by atoms with Crippen molar-refractivity contribution in [3.63, 3.8) is 0 Å². The number of aromatic nitrogens is 2. The monoisotopic (exact) mass is 391 g/mol. The normalized spacial score (nSPS) is 14.7. The van der Waals surface area contributed by atoms with E-state index in [2.05, 4.69) is 21.9 Å². The Balaban J connectivity index is 1.72. The Morgan fingerprint density at radius 1 is 1.18 bits per heavy atom. The number of hydrogen-bond donors (Lipinski definition) is 1. The second-order valence-electron chi connectivity index (χ2n) is 6.50. The number of rotatable bonds is 5. The summed E-state index contributed by atoms with van der Waals surface area (Å²) in [4.78, 5) is 23.3. The standard InChI is InChI=1S/C19H20F3N5O/c1-13(20)18(28)27-10-8-26(9-11-27)17-15(4-3-7-23-17)25-14-5-6-16(24-12-14)19(2,21)22/h3-7,12,25H,1,8-11H2,2H3. The van der Waals surface area contributed by atoms with E-state index in [1.165, 1.54) is 23.2 Å². The lowest BCUT2D eigenvalue weighted by Crippen LogP contribution is -2.49. The fraction of sp³-hybridized carbons (Fsp3) is 0.316. The second-order valence-corrected chi connectivity index (χ2v) is 6.50. The van der Waals surface area contributed by atoms with Gasteiger partial charge < -0.3 is 15.1 Å². The summed E-state index contributed by atoms with van der Waals surface area (Å²) in [6, 6.07) is 6.36. The Labute approximate surface area is 160 Å². The van der Waals surface area contributed by atoms with Gasteiger partial charge in [0.25, 0.3) is 11.8 Å². The van der Waals surface area contributed by atoms with Gasteiger partial charge in [0.15, 0.2) is 11.6 Å². The smallest absolute Gasteiger partial charge is 0.286 e. The van der Waals surface area contributed by atoms with Gasteiger partial charge in [-0.1, -0.05) is 6.58 Å². The van der Waals surface area contributed by atoms with E-state index in [9.17, 15) is 18.0 Å². The van der Waals surface area contributed by atoms with Crippen LogP contribution in [0.4, 0.5) is 30.4 Å². The summed E-state index contributed by atoms with van der Waals surface area (Å²) in [6.07, 6.45) is 2.98. The molecule has 6 nitrogen and oxygen atoms in total. The molecular formula is C19H20F3N5O. The van der Waals surface area contributed by atoms with Crippen LogP contribution >= 0.6 is 0 Å². The summed E-state index contributed by atoms with van der Waals surface area (Å²) < 4.78 is 39.6. The first-order valence-electron chi connectivity index (χ1n) is 8.71. The molecule has 0 atom stereocenters. The molecule has 1 N–H and O–H groups in total. The molecular weight excluding hydrogens is 371 g/mol. The molecule has 0 aliphatic carbocycles. The highest BCUT2D eigenvalue weighted by atomic mass is 19.3. The molecule has 0 aromatic carbocycles. The fourth-order valence-corrected chi connectivity index (χ4v) is 2.92. The van der Waals surface area contributed by atoms with Crippen molar-refractivity contribution in [2.75, 3.05) is 36.4 Å². The molecule has 0 saturated carbocycles. The number of nitrogens with one attached hydrogen (secondary N) is 1. The zero-order chi connectivity index (χ0) is 20.3. The molecule has 1 saturated heterocycles. The van der Waals surface area contributed by atoms with E-state index in [1.54, 1.807) is 12.3 Å². The lowest BCUT2D eigenvalue weighted by atomic mass is 10.2. The van der Waals surface area contributed by atoms with Crippen LogP contribution in [0, 0.1) is 0 Å². The number of alkyl halides is 2. The minimum absolute atomic E-state index is 0.306. The second kappa shape index (κ2) is 7.87. The summed E-state index contributed by atoms with van der Waals surface area (Å²) in [5.74, 6) is -4.02. The number of carbonyl (C=O) groups excluding carboxylic acids is 1. The van der Waals surface area contributed by atoms with E-state index in [0.717, 1.165) is 6.92 Å². The minimum atomic E-state index is -3.00. The molecule has 0 unspecified atom stereocenters. The van der Waals surface area contributed by atoms with Gasteiger partial charge in [0.05, 0.1) is 17.6 Å². The van der Waals surface area contributed by atoms with Crippen LogP contribution in [0.25, 0.3) is 0 Å². The maximum absolute atomic E-state index is 13.3. The molecule has 2 aromatic rings. The molecule has 3 rings (SSSR count). The van der Waals surface area contributed by atoms with Gasteiger partial charge in [-0.05, 0) is 24.3 Å². The highest BCUT2D eigenvalue weighted by molar-refractivity contribution is 5.90. The molecule has 1 aliphatic heterocycles. The highest BCUT2D eigenvalue weighted by Crippen LogP contribution is 2.29. The van der Waals surface area contributed by atoms with Gasteiger partial charge >= 0.3 is 0 Å². The molecule has 0 radical (unpaired) electrons. The Morgan fingerprint density at radius 3 is 2.46 bits per heavy atom. The van der Waals surface area contributed by atoms with Crippen LogP contribution in [0.1, 0.15) is 12.6 Å². The third-order valence-corrected chi connectivity index (χ3v) is 4.38. The third kappa shape index (κ3) is 4.41. The highest BCUT2D eigenvalue weighted by Gasteiger charge is 2.26. The predicted molar refractivity (Wildman–Crippen MR) is 100 cm³/mol. The summed E-state index contributed by atoms with van der Waals surface area (Å²) in [5, 5.41) is 3.13. The predicted octanol–water partition coefficient (Wildman–Crippen LogP) is 3.46. The van der Waals surface area contributed by atoms with Gasteiger partial charge in [-0.15, -0.1) is 0 Å². The Hall–Kier alpha value is -3.10. The van der Waals surface area contributed by atoms with Gasteiger partial charge in [0.1, 0.15) is 5.69 Å². The Morgan fingerprint density at radius 2 is 1.89 bits per heavy atom. The van der Waals surface area contributed by atoms with Crippen LogP contribution in [-0.4, -0.2) is 47.0 Å². The first kappa shape index (κ1) is 19.7. The number of hydrogen-bond acceptors (Lipinski definition) is 5. The number of pyridine rings is 2. The van der Waals surface area contributed by atoms with Crippen molar-refractivity contribution in [3.05, 3.63) is 54.8 Å². The van der Waals surface area contributed by atoms with E-state index in [-0.39, 0.29) is 5.69 Å². The average molecular weight is 391 g/mol. The number of halogens is 3. The van der Waals surface area contributed by atoms with Crippen LogP contribution in [0.5, 0.6) is 0 Å². The lowest BCUT2D eigenvalue weighted by molar-refractivity contribution is -0.128. The lowest BCUT2D eigenvalue weighted by Gasteiger charge is -2.35. The molecule has 1 fully saturated rings. The number of amides is 1. The summed E-state index contributed by atoms with van der Waals surface area (Å²) in [5.41, 5.74) is 0.916. The quantitative estimate of drug-likeness (QED) is 0.791. The van der Waals surface area contributed by atoms with Gasteiger partial charge in [-0.25, -0.2) is 9.37 Å².